The van der Waals surface area contributed by atoms with Gasteiger partial charge in [-0.25, -0.2) is 8.42 Å². The van der Waals surface area contributed by atoms with Gasteiger partial charge in [-0.3, -0.25) is 0 Å². The average molecular weight is 347 g/mol. The molecule has 0 radical (unpaired) electrons. The lowest BCUT2D eigenvalue weighted by molar-refractivity contribution is -0.887. The molecule has 3 rings (SSSR count). The van der Waals surface area contributed by atoms with E-state index < -0.39 is 10.0 Å². The molecular weight excluding hydrogens is 324 g/mol. The molecular formula is C18H23N2O3S+. The van der Waals surface area contributed by atoms with Crippen LogP contribution in [-0.2, 0) is 10.0 Å². The average Bonchev–Trinajstić information content (AvgIpc) is 2.62. The van der Waals surface area contributed by atoms with E-state index >= 15 is 0 Å². The van der Waals surface area contributed by atoms with Crippen molar-refractivity contribution in [3.8, 4) is 5.75 Å². The molecule has 0 aromatic heterocycles. The van der Waals surface area contributed by atoms with E-state index in [1.165, 1.54) is 4.90 Å². The molecule has 0 bridgehead atoms. The second-order valence-electron chi connectivity index (χ2n) is 6.13. The Morgan fingerprint density at radius 1 is 1.08 bits per heavy atom. The van der Waals surface area contributed by atoms with Crippen LogP contribution in [0.3, 0.4) is 0 Å². The van der Waals surface area contributed by atoms with Gasteiger partial charge in [0.05, 0.1) is 44.7 Å². The van der Waals surface area contributed by atoms with E-state index in [1.807, 2.05) is 30.3 Å². The van der Waals surface area contributed by atoms with Gasteiger partial charge in [0.25, 0.3) is 0 Å². The molecule has 2 aromatic carbocycles. The van der Waals surface area contributed by atoms with E-state index in [-0.39, 0.29) is 6.04 Å². The first-order chi connectivity index (χ1) is 11.5. The molecule has 1 unspecified atom stereocenters. The van der Waals surface area contributed by atoms with Crippen molar-refractivity contribution in [2.24, 2.45) is 0 Å². The second-order valence-corrected chi connectivity index (χ2v) is 8.02. The monoisotopic (exact) mass is 347 g/mol. The van der Waals surface area contributed by atoms with Gasteiger partial charge in [-0.15, -0.1) is 0 Å². The van der Waals surface area contributed by atoms with E-state index in [1.54, 1.807) is 35.7 Å². The zero-order valence-electron chi connectivity index (χ0n) is 14.0. The van der Waals surface area contributed by atoms with Crippen molar-refractivity contribution in [1.29, 1.82) is 0 Å². The highest BCUT2D eigenvalue weighted by atomic mass is 32.2. The number of ether oxygens (including phenoxy) is 1. The summed E-state index contributed by atoms with van der Waals surface area (Å²) in [6.07, 6.45) is 0. The first kappa shape index (κ1) is 17.0. The molecule has 24 heavy (non-hydrogen) atoms. The predicted octanol–water partition coefficient (Wildman–Crippen LogP) is 0.956. The molecule has 1 aliphatic rings. The number of rotatable bonds is 4. The summed E-state index contributed by atoms with van der Waals surface area (Å²) in [5, 5.41) is 0. The Bertz CT molecular complexity index is 776. The minimum absolute atomic E-state index is 0.146. The van der Waals surface area contributed by atoms with Crippen molar-refractivity contribution in [2.75, 3.05) is 33.8 Å². The molecule has 2 atom stereocenters. The van der Waals surface area contributed by atoms with Crippen LogP contribution < -0.4 is 9.64 Å². The van der Waals surface area contributed by atoms with Crippen LogP contribution >= 0.6 is 0 Å². The minimum atomic E-state index is -3.54. The quantitative estimate of drug-likeness (QED) is 0.896. The number of sulfonamides is 1. The van der Waals surface area contributed by atoms with Gasteiger partial charge in [-0.05, 0) is 29.8 Å². The summed E-state index contributed by atoms with van der Waals surface area (Å²) in [7, 11) is 0.129. The van der Waals surface area contributed by atoms with E-state index in [0.717, 1.165) is 18.7 Å². The Kier molecular flexibility index (Phi) is 4.89. The third-order valence-corrected chi connectivity index (χ3v) is 6.42. The lowest BCUT2D eigenvalue weighted by atomic mass is 10.1. The fourth-order valence-corrected chi connectivity index (χ4v) is 4.73. The molecule has 0 spiro atoms. The molecule has 0 amide bonds. The van der Waals surface area contributed by atoms with Gasteiger partial charge in [0.1, 0.15) is 5.75 Å². The molecule has 0 saturated carbocycles. The summed E-state index contributed by atoms with van der Waals surface area (Å²) >= 11 is 0. The zero-order chi connectivity index (χ0) is 17.2. The van der Waals surface area contributed by atoms with Crippen LogP contribution in [0.1, 0.15) is 11.6 Å². The third-order valence-electron chi connectivity index (χ3n) is 4.50. The Morgan fingerprint density at radius 2 is 1.75 bits per heavy atom. The van der Waals surface area contributed by atoms with Gasteiger partial charge in [-0.1, -0.05) is 30.3 Å². The highest BCUT2D eigenvalue weighted by molar-refractivity contribution is 7.89. The third kappa shape index (κ3) is 3.31. The maximum atomic E-state index is 13.2. The zero-order valence-corrected chi connectivity index (χ0v) is 14.8. The van der Waals surface area contributed by atoms with Gasteiger partial charge < -0.3 is 9.64 Å². The maximum Gasteiger partial charge on any atom is 0.244 e. The van der Waals surface area contributed by atoms with Gasteiger partial charge in [-0.2, -0.15) is 4.31 Å². The van der Waals surface area contributed by atoms with Crippen LogP contribution in [0, 0.1) is 0 Å². The van der Waals surface area contributed by atoms with E-state index in [0.29, 0.717) is 17.2 Å². The van der Waals surface area contributed by atoms with Crippen LogP contribution in [0.15, 0.2) is 59.5 Å². The fraction of sp³-hybridized carbons (Fsp3) is 0.333. The number of nitrogens with one attached hydrogen (secondary N) is 1. The van der Waals surface area contributed by atoms with Gasteiger partial charge in [0, 0.05) is 0 Å². The first-order valence-corrected chi connectivity index (χ1v) is 9.48. The fourth-order valence-electron chi connectivity index (χ4n) is 3.12. The number of nitrogens with zero attached hydrogens (tertiary/aromatic N) is 1. The predicted molar refractivity (Wildman–Crippen MR) is 92.7 cm³/mol. The molecule has 1 saturated heterocycles. The SMILES string of the molecule is COc1ccc(S(=O)(=O)N2CC[NH+](C)C[C@H]2c2ccccc2)cc1. The molecule has 5 nitrogen and oxygen atoms in total. The van der Waals surface area contributed by atoms with Gasteiger partial charge in [0.2, 0.25) is 10.0 Å². The van der Waals surface area contributed by atoms with Gasteiger partial charge in [0.15, 0.2) is 0 Å². The largest absolute Gasteiger partial charge is 0.497 e. The van der Waals surface area contributed by atoms with E-state index in [9.17, 15) is 8.42 Å². The standard InChI is InChI=1S/C18H22N2O3S/c1-19-12-13-20(18(14-19)15-6-4-3-5-7-15)24(21,22)17-10-8-16(23-2)9-11-17/h3-11,18H,12-14H2,1-2H3/p+1/t18-/m0/s1. The van der Waals surface area contributed by atoms with Crippen molar-refractivity contribution < 1.29 is 18.1 Å². The summed E-state index contributed by atoms with van der Waals surface area (Å²) in [6.45, 7) is 2.08. The van der Waals surface area contributed by atoms with E-state index in [4.69, 9.17) is 4.74 Å². The Labute approximate surface area is 143 Å². The smallest absolute Gasteiger partial charge is 0.244 e. The summed E-state index contributed by atoms with van der Waals surface area (Å²) in [5.41, 5.74) is 1.04. The molecule has 1 fully saturated rings. The highest BCUT2D eigenvalue weighted by Gasteiger charge is 2.38. The molecule has 2 aromatic rings. The van der Waals surface area contributed by atoms with Gasteiger partial charge >= 0.3 is 0 Å². The summed E-state index contributed by atoms with van der Waals surface area (Å²) in [5.74, 6) is 0.649. The number of likely N-dealkylation sites (N-methyl/N-ethyl adjacent to an activating group) is 1. The number of piperazine rings is 1. The molecule has 128 valence electrons. The molecule has 0 aliphatic carbocycles. The highest BCUT2D eigenvalue weighted by Crippen LogP contribution is 2.28. The molecule has 6 heteroatoms. The summed E-state index contributed by atoms with van der Waals surface area (Å²) in [4.78, 5) is 1.65. The number of methoxy groups -OCH3 is 1. The van der Waals surface area contributed by atoms with Crippen LogP contribution in [0.5, 0.6) is 5.75 Å². The first-order valence-electron chi connectivity index (χ1n) is 8.04. The normalized spacial score (nSPS) is 22.2. The Morgan fingerprint density at radius 3 is 2.38 bits per heavy atom. The van der Waals surface area contributed by atoms with Crippen molar-refractivity contribution in [2.45, 2.75) is 10.9 Å². The molecule has 1 N–H and O–H groups in total. The number of hydrogen-bond donors (Lipinski definition) is 1. The van der Waals surface area contributed by atoms with Crippen LogP contribution in [0.2, 0.25) is 0 Å². The molecule has 1 aliphatic heterocycles. The summed E-state index contributed by atoms with van der Waals surface area (Å²) in [6, 6.07) is 16.3. The Hall–Kier alpha value is -1.89. The Balaban J connectivity index is 1.97. The van der Waals surface area contributed by atoms with Crippen molar-refractivity contribution in [1.82, 2.24) is 4.31 Å². The lowest BCUT2D eigenvalue weighted by Crippen LogP contribution is -3.12. The van der Waals surface area contributed by atoms with Crippen LogP contribution in [-0.4, -0.2) is 46.5 Å². The summed E-state index contributed by atoms with van der Waals surface area (Å²) < 4.78 is 33.1. The minimum Gasteiger partial charge on any atom is -0.497 e. The van der Waals surface area contributed by atoms with Crippen molar-refractivity contribution in [3.05, 3.63) is 60.2 Å². The van der Waals surface area contributed by atoms with Crippen molar-refractivity contribution in [3.63, 3.8) is 0 Å². The number of quaternary nitrogens is 1. The van der Waals surface area contributed by atoms with Crippen LogP contribution in [0.25, 0.3) is 0 Å². The lowest BCUT2D eigenvalue weighted by Gasteiger charge is -2.37. The maximum absolute atomic E-state index is 13.2. The van der Waals surface area contributed by atoms with E-state index in [2.05, 4.69) is 7.05 Å². The molecule has 1 heterocycles. The van der Waals surface area contributed by atoms with Crippen molar-refractivity contribution >= 4 is 10.0 Å². The topological polar surface area (TPSA) is 51.1 Å². The number of hydrogen-bond acceptors (Lipinski definition) is 3. The number of benzene rings is 2. The second kappa shape index (κ2) is 6.93. The van der Waals surface area contributed by atoms with Crippen LogP contribution in [0.4, 0.5) is 0 Å².